The van der Waals surface area contributed by atoms with Crippen molar-refractivity contribution in [3.63, 3.8) is 0 Å². The number of hydrogen-bond acceptors (Lipinski definition) is 7. The Hall–Kier alpha value is -2.91. The highest BCUT2D eigenvalue weighted by molar-refractivity contribution is 8.00. The molecule has 0 aliphatic rings. The van der Waals surface area contributed by atoms with Gasteiger partial charge in [0.15, 0.2) is 15.7 Å². The highest BCUT2D eigenvalue weighted by Gasteiger charge is 2.24. The third kappa shape index (κ3) is 5.12. The standard InChI is InChI=1S/C20H17FN2O4S2/c1-27-19(24)9-12-29(25,26)18(20-22-10-4-11-23-20)13-14-7-8-17(28-14)15-5-2-3-6-16(15)21/h2-8,10-11,13H,9,12H2,1H3/b18-13+. The monoisotopic (exact) mass is 432 g/mol. The van der Waals surface area contributed by atoms with Crippen LogP contribution >= 0.6 is 11.3 Å². The highest BCUT2D eigenvalue weighted by Crippen LogP contribution is 2.33. The maximum absolute atomic E-state index is 14.0. The second-order valence-electron chi connectivity index (χ2n) is 5.91. The van der Waals surface area contributed by atoms with E-state index in [0.717, 1.165) is 0 Å². The molecule has 3 aromatic rings. The van der Waals surface area contributed by atoms with Gasteiger partial charge in [-0.15, -0.1) is 11.3 Å². The Kier molecular flexibility index (Phi) is 6.50. The minimum Gasteiger partial charge on any atom is -0.469 e. The average Bonchev–Trinajstić information content (AvgIpc) is 3.19. The number of ether oxygens (including phenoxy) is 1. The molecule has 9 heteroatoms. The normalized spacial score (nSPS) is 12.0. The highest BCUT2D eigenvalue weighted by atomic mass is 32.2. The number of halogens is 1. The molecular weight excluding hydrogens is 415 g/mol. The second kappa shape index (κ2) is 9.06. The Morgan fingerprint density at radius 2 is 1.86 bits per heavy atom. The van der Waals surface area contributed by atoms with Crippen molar-refractivity contribution in [1.82, 2.24) is 9.97 Å². The van der Waals surface area contributed by atoms with E-state index >= 15 is 0 Å². The van der Waals surface area contributed by atoms with E-state index in [1.54, 1.807) is 36.4 Å². The van der Waals surface area contributed by atoms with Crippen molar-refractivity contribution in [3.05, 3.63) is 71.4 Å². The SMILES string of the molecule is COC(=O)CCS(=O)(=O)/C(=C/c1ccc(-c2ccccc2F)s1)c1ncccn1. The number of hydrogen-bond donors (Lipinski definition) is 0. The summed E-state index contributed by atoms with van der Waals surface area (Å²) in [4.78, 5) is 20.6. The minimum absolute atomic E-state index is 0.0261. The number of benzene rings is 1. The van der Waals surface area contributed by atoms with E-state index in [0.29, 0.717) is 15.3 Å². The molecule has 0 saturated carbocycles. The summed E-state index contributed by atoms with van der Waals surface area (Å²) in [6.07, 6.45) is 4.03. The van der Waals surface area contributed by atoms with Crippen molar-refractivity contribution in [1.29, 1.82) is 0 Å². The fourth-order valence-corrected chi connectivity index (χ4v) is 4.91. The Morgan fingerprint density at radius 3 is 2.55 bits per heavy atom. The number of nitrogens with zero attached hydrogens (tertiary/aromatic N) is 2. The van der Waals surface area contributed by atoms with Crippen molar-refractivity contribution in [2.24, 2.45) is 0 Å². The molecule has 0 aliphatic carbocycles. The van der Waals surface area contributed by atoms with Crippen LogP contribution in [0.3, 0.4) is 0 Å². The van der Waals surface area contributed by atoms with Crippen molar-refractivity contribution < 1.29 is 22.3 Å². The van der Waals surface area contributed by atoms with Crippen molar-refractivity contribution in [2.75, 3.05) is 12.9 Å². The summed E-state index contributed by atoms with van der Waals surface area (Å²) >= 11 is 1.24. The van der Waals surface area contributed by atoms with Crippen LogP contribution in [0.15, 0.2) is 54.9 Å². The second-order valence-corrected chi connectivity index (χ2v) is 9.10. The lowest BCUT2D eigenvalue weighted by Crippen LogP contribution is -2.14. The number of aromatic nitrogens is 2. The molecule has 0 N–H and O–H groups in total. The van der Waals surface area contributed by atoms with E-state index in [1.165, 1.54) is 43.0 Å². The van der Waals surface area contributed by atoms with E-state index in [9.17, 15) is 17.6 Å². The van der Waals surface area contributed by atoms with Gasteiger partial charge < -0.3 is 4.74 Å². The third-order valence-corrected chi connectivity index (χ3v) is 6.74. The van der Waals surface area contributed by atoms with Gasteiger partial charge in [-0.2, -0.15) is 0 Å². The fourth-order valence-electron chi connectivity index (χ4n) is 2.51. The van der Waals surface area contributed by atoms with Gasteiger partial charge in [0.05, 0.1) is 19.3 Å². The lowest BCUT2D eigenvalue weighted by molar-refractivity contribution is -0.140. The quantitative estimate of drug-likeness (QED) is 0.528. The zero-order valence-electron chi connectivity index (χ0n) is 15.4. The van der Waals surface area contributed by atoms with E-state index in [1.807, 2.05) is 0 Å². The van der Waals surface area contributed by atoms with Gasteiger partial charge in [0.2, 0.25) is 0 Å². The molecule has 0 fully saturated rings. The molecule has 0 aliphatic heterocycles. The van der Waals surface area contributed by atoms with E-state index in [2.05, 4.69) is 14.7 Å². The van der Waals surface area contributed by atoms with E-state index in [-0.39, 0.29) is 23.0 Å². The fraction of sp³-hybridized carbons (Fsp3) is 0.150. The summed E-state index contributed by atoms with van der Waals surface area (Å²) < 4.78 is 44.3. The molecule has 3 rings (SSSR count). The summed E-state index contributed by atoms with van der Waals surface area (Å²) in [5.74, 6) is -1.39. The number of carbonyl (C=O) groups is 1. The van der Waals surface area contributed by atoms with Crippen LogP contribution in [0.4, 0.5) is 4.39 Å². The van der Waals surface area contributed by atoms with Crippen LogP contribution in [0.5, 0.6) is 0 Å². The van der Waals surface area contributed by atoms with Crippen molar-refractivity contribution in [2.45, 2.75) is 6.42 Å². The first-order chi connectivity index (χ1) is 13.9. The summed E-state index contributed by atoms with van der Waals surface area (Å²) in [6, 6.07) is 11.3. The summed E-state index contributed by atoms with van der Waals surface area (Å²) in [6.45, 7) is 0. The molecule has 150 valence electrons. The molecule has 2 aromatic heterocycles. The number of rotatable bonds is 7. The van der Waals surface area contributed by atoms with Crippen LogP contribution in [-0.2, 0) is 19.4 Å². The van der Waals surface area contributed by atoms with Crippen LogP contribution in [0, 0.1) is 5.82 Å². The van der Waals surface area contributed by atoms with E-state index in [4.69, 9.17) is 0 Å². The molecule has 0 radical (unpaired) electrons. The molecule has 0 atom stereocenters. The van der Waals surface area contributed by atoms with Crippen LogP contribution in [0.2, 0.25) is 0 Å². The Labute approximate surface area is 171 Å². The number of carbonyl (C=O) groups excluding carboxylic acids is 1. The Balaban J connectivity index is 2.00. The minimum atomic E-state index is -3.87. The Bertz CT molecular complexity index is 1140. The van der Waals surface area contributed by atoms with Gasteiger partial charge in [0, 0.05) is 27.7 Å². The predicted molar refractivity (Wildman–Crippen MR) is 110 cm³/mol. The third-order valence-electron chi connectivity index (χ3n) is 3.96. The van der Waals surface area contributed by atoms with Crippen molar-refractivity contribution >= 4 is 38.1 Å². The lowest BCUT2D eigenvalue weighted by atomic mass is 10.2. The number of esters is 1. The first-order valence-electron chi connectivity index (χ1n) is 8.54. The molecule has 1 aromatic carbocycles. The molecule has 0 unspecified atom stereocenters. The predicted octanol–water partition coefficient (Wildman–Crippen LogP) is 3.82. The molecular formula is C20H17FN2O4S2. The van der Waals surface area contributed by atoms with Gasteiger partial charge in [-0.1, -0.05) is 18.2 Å². The van der Waals surface area contributed by atoms with Crippen LogP contribution < -0.4 is 0 Å². The largest absolute Gasteiger partial charge is 0.469 e. The molecule has 0 bridgehead atoms. The summed E-state index contributed by atoms with van der Waals surface area (Å²) in [7, 11) is -2.68. The summed E-state index contributed by atoms with van der Waals surface area (Å²) in [5.41, 5.74) is 0.434. The zero-order valence-corrected chi connectivity index (χ0v) is 17.0. The molecule has 0 amide bonds. The molecule has 0 saturated heterocycles. The average molecular weight is 432 g/mol. The topological polar surface area (TPSA) is 86.2 Å². The van der Waals surface area contributed by atoms with Crippen LogP contribution in [0.1, 0.15) is 17.1 Å². The van der Waals surface area contributed by atoms with Gasteiger partial charge in [-0.05, 0) is 30.3 Å². The number of methoxy groups -OCH3 is 1. The Morgan fingerprint density at radius 1 is 1.14 bits per heavy atom. The van der Waals surface area contributed by atoms with Gasteiger partial charge in [0.1, 0.15) is 10.7 Å². The first-order valence-corrected chi connectivity index (χ1v) is 11.0. The molecule has 6 nitrogen and oxygen atoms in total. The number of sulfone groups is 1. The molecule has 29 heavy (non-hydrogen) atoms. The smallest absolute Gasteiger partial charge is 0.306 e. The van der Waals surface area contributed by atoms with Gasteiger partial charge in [-0.25, -0.2) is 22.8 Å². The summed E-state index contributed by atoms with van der Waals surface area (Å²) in [5, 5.41) is 0. The van der Waals surface area contributed by atoms with Crippen molar-refractivity contribution in [3.8, 4) is 10.4 Å². The first kappa shape index (κ1) is 20.8. The maximum atomic E-state index is 14.0. The zero-order chi connectivity index (χ0) is 20.9. The maximum Gasteiger partial charge on any atom is 0.306 e. The van der Waals surface area contributed by atoms with Crippen LogP contribution in [-0.4, -0.2) is 37.2 Å². The lowest BCUT2D eigenvalue weighted by Gasteiger charge is -2.07. The van der Waals surface area contributed by atoms with Gasteiger partial charge in [0.25, 0.3) is 0 Å². The van der Waals surface area contributed by atoms with Crippen LogP contribution in [0.25, 0.3) is 21.4 Å². The molecule has 2 heterocycles. The number of thiophene rings is 1. The molecule has 0 spiro atoms. The van der Waals surface area contributed by atoms with Gasteiger partial charge in [-0.3, -0.25) is 4.79 Å². The van der Waals surface area contributed by atoms with E-state index < -0.39 is 21.6 Å². The van der Waals surface area contributed by atoms with Gasteiger partial charge >= 0.3 is 5.97 Å².